The van der Waals surface area contributed by atoms with Crippen molar-refractivity contribution in [3.8, 4) is 0 Å². The van der Waals surface area contributed by atoms with E-state index in [1.807, 2.05) is 26.8 Å². The largest absolute Gasteiger partial charge is 0.457 e. The first-order valence-corrected chi connectivity index (χ1v) is 6.87. The Morgan fingerprint density at radius 1 is 1.24 bits per heavy atom. The minimum Gasteiger partial charge on any atom is -0.457 e. The first kappa shape index (κ1) is 14.3. The minimum absolute atomic E-state index is 0.221. The van der Waals surface area contributed by atoms with E-state index in [2.05, 4.69) is 0 Å². The van der Waals surface area contributed by atoms with Crippen molar-refractivity contribution in [1.29, 1.82) is 0 Å². The van der Waals surface area contributed by atoms with Crippen LogP contribution in [0.1, 0.15) is 65.7 Å². The summed E-state index contributed by atoms with van der Waals surface area (Å²) in [5, 5.41) is 0. The maximum absolute atomic E-state index is 11.4. The molecule has 0 aromatic carbocycles. The number of ether oxygens (including phenoxy) is 1. The number of hydrogen-bond acceptors (Lipinski definition) is 2. The number of esters is 1. The average Bonchev–Trinajstić information content (AvgIpc) is 2.23. The van der Waals surface area contributed by atoms with Crippen LogP contribution in [0.15, 0.2) is 12.2 Å². The quantitative estimate of drug-likeness (QED) is 0.541. The zero-order valence-corrected chi connectivity index (χ0v) is 11.5. The number of carbonyl (C=O) groups excluding carboxylic acids is 1. The molecule has 0 aromatic heterocycles. The highest BCUT2D eigenvalue weighted by atomic mass is 16.6. The first-order chi connectivity index (χ1) is 7.97. The highest BCUT2D eigenvalue weighted by molar-refractivity contribution is 5.82. The lowest BCUT2D eigenvalue weighted by Crippen LogP contribution is -2.22. The second-order valence-corrected chi connectivity index (χ2v) is 6.02. The summed E-state index contributed by atoms with van der Waals surface area (Å²) in [7, 11) is 0. The third-order valence-corrected chi connectivity index (χ3v) is 3.13. The summed E-state index contributed by atoms with van der Waals surface area (Å²) in [5.41, 5.74) is -0.384. The number of carbonyl (C=O) groups is 1. The van der Waals surface area contributed by atoms with Crippen molar-refractivity contribution in [2.24, 2.45) is 5.92 Å². The van der Waals surface area contributed by atoms with Crippen LogP contribution in [0.4, 0.5) is 0 Å². The third-order valence-electron chi connectivity index (χ3n) is 3.13. The van der Waals surface area contributed by atoms with Gasteiger partial charge in [-0.25, -0.2) is 4.79 Å². The summed E-state index contributed by atoms with van der Waals surface area (Å²) in [6.45, 7) is 5.67. The average molecular weight is 238 g/mol. The fraction of sp³-hybridized carbons (Fsp3) is 0.800. The van der Waals surface area contributed by atoms with Gasteiger partial charge in [-0.3, -0.25) is 0 Å². The molecule has 0 spiro atoms. The Morgan fingerprint density at radius 3 is 2.47 bits per heavy atom. The lowest BCUT2D eigenvalue weighted by atomic mass is 9.86. The van der Waals surface area contributed by atoms with Crippen LogP contribution >= 0.6 is 0 Å². The molecule has 0 N–H and O–H groups in total. The Kier molecular flexibility index (Phi) is 5.73. The Bertz CT molecular complexity index is 255. The summed E-state index contributed by atoms with van der Waals surface area (Å²) < 4.78 is 5.20. The Balaban J connectivity index is 2.14. The van der Waals surface area contributed by atoms with Crippen LogP contribution < -0.4 is 0 Å². The van der Waals surface area contributed by atoms with Crippen molar-refractivity contribution in [1.82, 2.24) is 0 Å². The fourth-order valence-corrected chi connectivity index (χ4v) is 2.32. The summed E-state index contributed by atoms with van der Waals surface area (Å²) in [6.07, 6.45) is 12.7. The maximum Gasteiger partial charge on any atom is 0.330 e. The summed E-state index contributed by atoms with van der Waals surface area (Å²) in [5.74, 6) is 0.660. The van der Waals surface area contributed by atoms with Gasteiger partial charge < -0.3 is 4.74 Å². The van der Waals surface area contributed by atoms with Crippen molar-refractivity contribution in [2.75, 3.05) is 0 Å². The second-order valence-electron chi connectivity index (χ2n) is 6.02. The molecule has 1 saturated carbocycles. The molecule has 1 aliphatic carbocycles. The minimum atomic E-state index is -0.384. The lowest BCUT2D eigenvalue weighted by molar-refractivity contribution is -0.148. The zero-order valence-electron chi connectivity index (χ0n) is 11.5. The molecule has 1 rings (SSSR count). The molecular weight excluding hydrogens is 212 g/mol. The van der Waals surface area contributed by atoms with Crippen LogP contribution in [0.2, 0.25) is 0 Å². The maximum atomic E-state index is 11.4. The van der Waals surface area contributed by atoms with Crippen molar-refractivity contribution in [2.45, 2.75) is 71.3 Å². The van der Waals surface area contributed by atoms with Gasteiger partial charge in [-0.1, -0.05) is 38.2 Å². The topological polar surface area (TPSA) is 26.3 Å². The molecule has 1 aliphatic rings. The monoisotopic (exact) mass is 238 g/mol. The number of rotatable bonds is 4. The Labute approximate surface area is 105 Å². The van der Waals surface area contributed by atoms with Gasteiger partial charge in [0.25, 0.3) is 0 Å². The fourth-order valence-electron chi connectivity index (χ4n) is 2.32. The molecule has 0 saturated heterocycles. The van der Waals surface area contributed by atoms with Crippen LogP contribution in [0, 0.1) is 5.92 Å². The SMILES string of the molecule is CC(C)(C)OC(=O)C=CCCC1CCCCC1. The number of allylic oxidation sites excluding steroid dienone is 1. The summed E-state index contributed by atoms with van der Waals surface area (Å²) >= 11 is 0. The lowest BCUT2D eigenvalue weighted by Gasteiger charge is -2.20. The van der Waals surface area contributed by atoms with Crippen molar-refractivity contribution in [3.05, 3.63) is 12.2 Å². The molecule has 0 radical (unpaired) electrons. The third kappa shape index (κ3) is 7.19. The molecule has 0 aromatic rings. The molecule has 98 valence electrons. The molecule has 0 heterocycles. The van der Waals surface area contributed by atoms with Gasteiger partial charge in [0.2, 0.25) is 0 Å². The predicted molar refractivity (Wildman–Crippen MR) is 70.8 cm³/mol. The van der Waals surface area contributed by atoms with Crippen molar-refractivity contribution >= 4 is 5.97 Å². The molecular formula is C15H26O2. The predicted octanol–water partition coefficient (Wildman–Crippen LogP) is 4.24. The second kappa shape index (κ2) is 6.83. The van der Waals surface area contributed by atoms with E-state index in [1.165, 1.54) is 38.5 Å². The van der Waals surface area contributed by atoms with Gasteiger partial charge in [0, 0.05) is 6.08 Å². The molecule has 0 bridgehead atoms. The van der Waals surface area contributed by atoms with E-state index < -0.39 is 0 Å². The van der Waals surface area contributed by atoms with Gasteiger partial charge in [-0.15, -0.1) is 0 Å². The van der Waals surface area contributed by atoms with E-state index in [9.17, 15) is 4.79 Å². The summed E-state index contributed by atoms with van der Waals surface area (Å²) in [6, 6.07) is 0. The molecule has 0 amide bonds. The van der Waals surface area contributed by atoms with Gasteiger partial charge in [0.15, 0.2) is 0 Å². The van der Waals surface area contributed by atoms with E-state index in [0.29, 0.717) is 0 Å². The van der Waals surface area contributed by atoms with E-state index in [1.54, 1.807) is 6.08 Å². The van der Waals surface area contributed by atoms with Crippen LogP contribution in [-0.2, 0) is 9.53 Å². The summed E-state index contributed by atoms with van der Waals surface area (Å²) in [4.78, 5) is 11.4. The van der Waals surface area contributed by atoms with E-state index in [0.717, 1.165) is 12.3 Å². The van der Waals surface area contributed by atoms with Gasteiger partial charge >= 0.3 is 5.97 Å². The Hall–Kier alpha value is -0.790. The molecule has 0 aliphatic heterocycles. The van der Waals surface area contributed by atoms with Crippen molar-refractivity contribution < 1.29 is 9.53 Å². The molecule has 2 nitrogen and oxygen atoms in total. The Morgan fingerprint density at radius 2 is 1.88 bits per heavy atom. The molecule has 1 fully saturated rings. The van der Waals surface area contributed by atoms with Crippen LogP contribution in [0.5, 0.6) is 0 Å². The molecule has 17 heavy (non-hydrogen) atoms. The zero-order chi connectivity index (χ0) is 12.7. The van der Waals surface area contributed by atoms with E-state index >= 15 is 0 Å². The number of hydrogen-bond donors (Lipinski definition) is 0. The van der Waals surface area contributed by atoms with Gasteiger partial charge in [0.1, 0.15) is 5.60 Å². The highest BCUT2D eigenvalue weighted by Crippen LogP contribution is 2.27. The first-order valence-electron chi connectivity index (χ1n) is 6.87. The van der Waals surface area contributed by atoms with Gasteiger partial charge in [0.05, 0.1) is 0 Å². The van der Waals surface area contributed by atoms with Crippen LogP contribution in [-0.4, -0.2) is 11.6 Å². The van der Waals surface area contributed by atoms with E-state index in [4.69, 9.17) is 4.74 Å². The smallest absolute Gasteiger partial charge is 0.330 e. The van der Waals surface area contributed by atoms with Crippen LogP contribution in [0.25, 0.3) is 0 Å². The van der Waals surface area contributed by atoms with E-state index in [-0.39, 0.29) is 11.6 Å². The molecule has 2 heteroatoms. The van der Waals surface area contributed by atoms with Gasteiger partial charge in [-0.05, 0) is 39.5 Å². The molecule has 0 atom stereocenters. The standard InChI is InChI=1S/C15H26O2/c1-15(2,3)17-14(16)12-8-7-11-13-9-5-4-6-10-13/h8,12-13H,4-7,9-11H2,1-3H3. The van der Waals surface area contributed by atoms with Crippen molar-refractivity contribution in [3.63, 3.8) is 0 Å². The van der Waals surface area contributed by atoms with Gasteiger partial charge in [-0.2, -0.15) is 0 Å². The molecule has 0 unspecified atom stereocenters. The normalized spacial score (nSPS) is 18.5. The highest BCUT2D eigenvalue weighted by Gasteiger charge is 2.14. The van der Waals surface area contributed by atoms with Crippen LogP contribution in [0.3, 0.4) is 0 Å².